The zero-order valence-corrected chi connectivity index (χ0v) is 17.5. The second kappa shape index (κ2) is 9.38. The van der Waals surface area contributed by atoms with Gasteiger partial charge in [-0.15, -0.1) is 0 Å². The summed E-state index contributed by atoms with van der Waals surface area (Å²) in [5.74, 6) is -1.04. The second-order valence-corrected chi connectivity index (χ2v) is 6.92. The van der Waals surface area contributed by atoms with Crippen LogP contribution in [0, 0.1) is 19.7 Å². The fourth-order valence-electron chi connectivity index (χ4n) is 3.23. The van der Waals surface area contributed by atoms with Gasteiger partial charge in [0, 0.05) is 16.8 Å². The molecule has 31 heavy (non-hydrogen) atoms. The van der Waals surface area contributed by atoms with Crippen LogP contribution >= 0.6 is 0 Å². The number of carbonyl (C=O) groups is 3. The summed E-state index contributed by atoms with van der Waals surface area (Å²) in [6.45, 7) is 5.10. The number of ketones is 2. The van der Waals surface area contributed by atoms with Gasteiger partial charge in [-0.3, -0.25) is 9.59 Å². The molecule has 7 heteroatoms. The van der Waals surface area contributed by atoms with Crippen molar-refractivity contribution in [2.24, 2.45) is 0 Å². The van der Waals surface area contributed by atoms with Gasteiger partial charge in [0.15, 0.2) is 12.4 Å². The average Bonchev–Trinajstić information content (AvgIpc) is 3.06. The van der Waals surface area contributed by atoms with E-state index in [0.29, 0.717) is 39.4 Å². The van der Waals surface area contributed by atoms with Crippen LogP contribution in [0.5, 0.6) is 5.75 Å². The molecule has 0 aliphatic carbocycles. The Morgan fingerprint density at radius 1 is 0.935 bits per heavy atom. The zero-order valence-electron chi connectivity index (χ0n) is 17.5. The molecule has 0 radical (unpaired) electrons. The number of aromatic nitrogens is 1. The van der Waals surface area contributed by atoms with Gasteiger partial charge in [0.25, 0.3) is 0 Å². The Labute approximate surface area is 179 Å². The van der Waals surface area contributed by atoms with Crippen LogP contribution in [0.4, 0.5) is 4.39 Å². The average molecular weight is 423 g/mol. The van der Waals surface area contributed by atoms with Gasteiger partial charge in [-0.1, -0.05) is 0 Å². The summed E-state index contributed by atoms with van der Waals surface area (Å²) in [5, 5.41) is 0. The summed E-state index contributed by atoms with van der Waals surface area (Å²) in [7, 11) is 0. The number of esters is 1. The molecule has 3 rings (SSSR count). The predicted molar refractivity (Wildman–Crippen MR) is 112 cm³/mol. The number of aryl methyl sites for hydroxylation is 1. The lowest BCUT2D eigenvalue weighted by Crippen LogP contribution is -2.14. The van der Waals surface area contributed by atoms with Crippen LogP contribution in [-0.4, -0.2) is 35.7 Å². The van der Waals surface area contributed by atoms with Crippen molar-refractivity contribution in [3.63, 3.8) is 0 Å². The van der Waals surface area contributed by atoms with E-state index in [4.69, 9.17) is 9.47 Å². The van der Waals surface area contributed by atoms with E-state index in [-0.39, 0.29) is 24.8 Å². The van der Waals surface area contributed by atoms with Gasteiger partial charge in [0.2, 0.25) is 5.78 Å². The van der Waals surface area contributed by atoms with Crippen LogP contribution < -0.4 is 4.74 Å². The summed E-state index contributed by atoms with van der Waals surface area (Å²) >= 11 is 0. The van der Waals surface area contributed by atoms with Gasteiger partial charge < -0.3 is 14.5 Å². The molecule has 0 atom stereocenters. The number of aromatic amines is 1. The molecule has 1 aromatic heterocycles. The maximum Gasteiger partial charge on any atom is 0.340 e. The molecule has 0 fully saturated rings. The highest BCUT2D eigenvalue weighted by atomic mass is 19.1. The molecule has 0 spiro atoms. The van der Waals surface area contributed by atoms with Gasteiger partial charge in [0.05, 0.1) is 17.9 Å². The molecule has 0 unspecified atom stereocenters. The molecule has 0 saturated heterocycles. The van der Waals surface area contributed by atoms with E-state index in [2.05, 4.69) is 4.98 Å². The lowest BCUT2D eigenvalue weighted by atomic mass is 10.0. The number of ether oxygens (including phenoxy) is 2. The smallest absolute Gasteiger partial charge is 0.340 e. The van der Waals surface area contributed by atoms with Crippen molar-refractivity contribution in [1.29, 1.82) is 0 Å². The summed E-state index contributed by atoms with van der Waals surface area (Å²) in [6.07, 6.45) is 0. The first kappa shape index (κ1) is 22.0. The molecule has 3 aromatic rings. The van der Waals surface area contributed by atoms with Crippen molar-refractivity contribution in [2.75, 3.05) is 13.2 Å². The Bertz CT molecular complexity index is 1110. The molecule has 6 nitrogen and oxygen atoms in total. The van der Waals surface area contributed by atoms with Crippen molar-refractivity contribution in [3.8, 4) is 5.75 Å². The van der Waals surface area contributed by atoms with Gasteiger partial charge in [0.1, 0.15) is 11.6 Å². The van der Waals surface area contributed by atoms with E-state index >= 15 is 0 Å². The molecule has 0 aliphatic heterocycles. The third-order valence-corrected chi connectivity index (χ3v) is 4.79. The summed E-state index contributed by atoms with van der Waals surface area (Å²) < 4.78 is 23.6. The van der Waals surface area contributed by atoms with E-state index in [9.17, 15) is 18.8 Å². The molecule has 0 saturated carbocycles. The Morgan fingerprint density at radius 2 is 1.52 bits per heavy atom. The summed E-state index contributed by atoms with van der Waals surface area (Å²) in [5.41, 5.74) is 2.52. The van der Waals surface area contributed by atoms with Crippen LogP contribution in [0.15, 0.2) is 48.5 Å². The predicted octanol–water partition coefficient (Wildman–Crippen LogP) is 4.44. The molecule has 160 valence electrons. The number of carbonyl (C=O) groups excluding carboxylic acids is 3. The Morgan fingerprint density at radius 3 is 2.10 bits per heavy atom. The van der Waals surface area contributed by atoms with Gasteiger partial charge in [-0.2, -0.15) is 0 Å². The molecular formula is C24H22FNO5. The monoisotopic (exact) mass is 423 g/mol. The topological polar surface area (TPSA) is 85.5 Å². The van der Waals surface area contributed by atoms with Crippen LogP contribution in [0.3, 0.4) is 0 Å². The van der Waals surface area contributed by atoms with Gasteiger partial charge in [-0.25, -0.2) is 9.18 Å². The molecular weight excluding hydrogens is 401 g/mol. The number of nitrogens with one attached hydrogen (secondary N) is 1. The minimum atomic E-state index is -0.477. The standard InChI is InChI=1S/C24H22FNO5/c1-4-30-24(29)21-14(2)22(26-15(21)3)20(27)13-31-19-11-7-17(8-12-19)23(28)16-5-9-18(25)10-6-16/h5-12,26H,4,13H2,1-3H3. The Kier molecular flexibility index (Phi) is 6.65. The molecule has 1 N–H and O–H groups in total. The molecule has 1 heterocycles. The fraction of sp³-hybridized carbons (Fsp3) is 0.208. The first-order valence-electron chi connectivity index (χ1n) is 9.74. The van der Waals surface area contributed by atoms with Crippen molar-refractivity contribution in [2.45, 2.75) is 20.8 Å². The molecule has 0 amide bonds. The third kappa shape index (κ3) is 4.88. The lowest BCUT2D eigenvalue weighted by molar-refractivity contribution is 0.0525. The number of hydrogen-bond donors (Lipinski definition) is 1. The van der Waals surface area contributed by atoms with Crippen molar-refractivity contribution < 1.29 is 28.2 Å². The van der Waals surface area contributed by atoms with E-state index in [0.717, 1.165) is 0 Å². The van der Waals surface area contributed by atoms with E-state index in [1.54, 1.807) is 45.0 Å². The highest BCUT2D eigenvalue weighted by Gasteiger charge is 2.23. The Hall–Kier alpha value is -3.74. The maximum absolute atomic E-state index is 13.0. The normalized spacial score (nSPS) is 10.6. The van der Waals surface area contributed by atoms with E-state index in [1.807, 2.05) is 0 Å². The minimum Gasteiger partial charge on any atom is -0.485 e. The number of Topliss-reactive ketones (excluding diaryl/α,β-unsaturated/α-hetero) is 1. The van der Waals surface area contributed by atoms with Crippen molar-refractivity contribution in [1.82, 2.24) is 4.98 Å². The zero-order chi connectivity index (χ0) is 22.5. The minimum absolute atomic E-state index is 0.242. The van der Waals surface area contributed by atoms with E-state index < -0.39 is 11.8 Å². The third-order valence-electron chi connectivity index (χ3n) is 4.79. The number of halogens is 1. The first-order chi connectivity index (χ1) is 14.8. The second-order valence-electron chi connectivity index (χ2n) is 6.92. The van der Waals surface area contributed by atoms with Gasteiger partial charge >= 0.3 is 5.97 Å². The lowest BCUT2D eigenvalue weighted by Gasteiger charge is -2.07. The molecule has 0 aliphatic rings. The van der Waals surface area contributed by atoms with Crippen LogP contribution in [0.25, 0.3) is 0 Å². The molecule has 2 aromatic carbocycles. The molecule has 0 bridgehead atoms. The van der Waals surface area contributed by atoms with Crippen LogP contribution in [0.1, 0.15) is 54.9 Å². The quantitative estimate of drug-likeness (QED) is 0.428. The highest BCUT2D eigenvalue weighted by Crippen LogP contribution is 2.21. The number of benzene rings is 2. The number of rotatable bonds is 8. The van der Waals surface area contributed by atoms with Crippen molar-refractivity contribution in [3.05, 3.63) is 88.0 Å². The number of H-pyrrole nitrogens is 1. The fourth-order valence-corrected chi connectivity index (χ4v) is 3.23. The SMILES string of the molecule is CCOC(=O)c1c(C)[nH]c(C(=O)COc2ccc(C(=O)c3ccc(F)cc3)cc2)c1C. The first-order valence-corrected chi connectivity index (χ1v) is 9.74. The van der Waals surface area contributed by atoms with Gasteiger partial charge in [-0.05, 0) is 74.9 Å². The summed E-state index contributed by atoms with van der Waals surface area (Å²) in [6, 6.07) is 11.6. The Balaban J connectivity index is 1.66. The van der Waals surface area contributed by atoms with E-state index in [1.165, 1.54) is 24.3 Å². The number of hydrogen-bond acceptors (Lipinski definition) is 5. The van der Waals surface area contributed by atoms with Crippen LogP contribution in [-0.2, 0) is 4.74 Å². The maximum atomic E-state index is 13.0. The highest BCUT2D eigenvalue weighted by molar-refractivity contribution is 6.09. The van der Waals surface area contributed by atoms with Crippen LogP contribution in [0.2, 0.25) is 0 Å². The summed E-state index contributed by atoms with van der Waals surface area (Å²) in [4.78, 5) is 40.0. The van der Waals surface area contributed by atoms with Crippen molar-refractivity contribution >= 4 is 17.5 Å². The largest absolute Gasteiger partial charge is 0.485 e.